The van der Waals surface area contributed by atoms with Gasteiger partial charge in [-0.25, -0.2) is 4.79 Å². The molecule has 1 heterocycles. The fourth-order valence-electron chi connectivity index (χ4n) is 2.84. The first kappa shape index (κ1) is 24.7. The monoisotopic (exact) mass is 479 g/mol. The van der Waals surface area contributed by atoms with Gasteiger partial charge in [0, 0.05) is 23.1 Å². The highest BCUT2D eigenvalue weighted by Crippen LogP contribution is 2.40. The molecule has 0 bridgehead atoms. The second kappa shape index (κ2) is 9.49. The summed E-state index contributed by atoms with van der Waals surface area (Å²) in [6.07, 6.45) is -6.10. The van der Waals surface area contributed by atoms with Gasteiger partial charge in [0.15, 0.2) is 6.10 Å². The Bertz CT molecular complexity index is 1160. The summed E-state index contributed by atoms with van der Waals surface area (Å²) in [5.41, 5.74) is -1.42. The van der Waals surface area contributed by atoms with Crippen LogP contribution in [-0.2, 0) is 10.9 Å². The lowest BCUT2D eigenvalue weighted by molar-refractivity contribution is -0.384. The van der Waals surface area contributed by atoms with Gasteiger partial charge in [-0.2, -0.15) is 13.2 Å². The highest BCUT2D eigenvalue weighted by atomic mass is 19.4. The number of rotatable bonds is 7. The van der Waals surface area contributed by atoms with Crippen molar-refractivity contribution < 1.29 is 36.8 Å². The van der Waals surface area contributed by atoms with Gasteiger partial charge in [0.05, 0.1) is 10.5 Å². The van der Waals surface area contributed by atoms with Crippen LogP contribution in [0.25, 0.3) is 11.5 Å². The maximum absolute atomic E-state index is 12.8. The number of aromatic nitrogens is 2. The Morgan fingerprint density at radius 3 is 2.24 bits per heavy atom. The molecule has 1 atom stereocenters. The maximum Gasteiger partial charge on any atom is 0.514 e. The molecule has 0 saturated heterocycles. The Kier molecular flexibility index (Phi) is 6.89. The molecule has 2 aromatic carbocycles. The zero-order valence-electron chi connectivity index (χ0n) is 18.3. The number of nitro benzene ring substituents is 1. The van der Waals surface area contributed by atoms with E-state index in [4.69, 9.17) is 13.9 Å². The van der Waals surface area contributed by atoms with Crippen molar-refractivity contribution in [2.24, 2.45) is 5.41 Å². The molecule has 3 aromatic rings. The molecule has 3 rings (SSSR count). The van der Waals surface area contributed by atoms with E-state index in [-0.39, 0.29) is 28.8 Å². The largest absolute Gasteiger partial charge is 0.514 e. The number of nitro groups is 1. The Labute approximate surface area is 191 Å². The first-order valence-electron chi connectivity index (χ1n) is 10.0. The normalized spacial score (nSPS) is 12.8. The van der Waals surface area contributed by atoms with E-state index in [1.54, 1.807) is 13.8 Å². The van der Waals surface area contributed by atoms with Crippen molar-refractivity contribution >= 4 is 11.8 Å². The van der Waals surface area contributed by atoms with Crippen molar-refractivity contribution in [3.8, 4) is 17.2 Å². The van der Waals surface area contributed by atoms with Crippen molar-refractivity contribution in [3.63, 3.8) is 0 Å². The number of hydrogen-bond donors (Lipinski definition) is 0. The molecule has 0 amide bonds. The second-order valence-corrected chi connectivity index (χ2v) is 7.96. The van der Waals surface area contributed by atoms with Crippen molar-refractivity contribution in [1.29, 1.82) is 0 Å². The van der Waals surface area contributed by atoms with Crippen LogP contribution in [0.1, 0.15) is 44.8 Å². The molecule has 1 aromatic heterocycles. The van der Waals surface area contributed by atoms with Crippen LogP contribution in [0.15, 0.2) is 52.9 Å². The molecule has 0 N–H and O–H groups in total. The highest BCUT2D eigenvalue weighted by Gasteiger charge is 2.38. The number of hydrogen-bond acceptors (Lipinski definition) is 8. The summed E-state index contributed by atoms with van der Waals surface area (Å²) in [5, 5.41) is 18.5. The van der Waals surface area contributed by atoms with Crippen LogP contribution >= 0.6 is 0 Å². The number of benzene rings is 2. The Morgan fingerprint density at radius 2 is 1.71 bits per heavy atom. The van der Waals surface area contributed by atoms with Gasteiger partial charge in [-0.15, -0.1) is 10.2 Å². The van der Waals surface area contributed by atoms with E-state index in [0.717, 1.165) is 12.1 Å². The van der Waals surface area contributed by atoms with Gasteiger partial charge in [-0.05, 0) is 42.8 Å². The topological polar surface area (TPSA) is 118 Å². The van der Waals surface area contributed by atoms with E-state index in [1.807, 2.05) is 6.92 Å². The quantitative estimate of drug-likeness (QED) is 0.166. The lowest BCUT2D eigenvalue weighted by atomic mass is 9.83. The predicted molar refractivity (Wildman–Crippen MR) is 112 cm³/mol. The first-order chi connectivity index (χ1) is 15.9. The lowest BCUT2D eigenvalue weighted by Gasteiger charge is -2.29. The lowest BCUT2D eigenvalue weighted by Crippen LogP contribution is -2.28. The minimum Gasteiger partial charge on any atom is -0.420 e. The third kappa shape index (κ3) is 5.69. The number of halogens is 3. The SMILES string of the molecule is CCC(C)(C)C(OC(=O)Oc1ccc([N+](=O)[O-])cc1)c1nnc(-c2ccc(C(F)(F)F)cc2)o1. The molecule has 0 aliphatic carbocycles. The smallest absolute Gasteiger partial charge is 0.420 e. The van der Waals surface area contributed by atoms with Gasteiger partial charge in [0.1, 0.15) is 5.75 Å². The molecule has 9 nitrogen and oxygen atoms in total. The fourth-order valence-corrected chi connectivity index (χ4v) is 2.84. The summed E-state index contributed by atoms with van der Waals surface area (Å²) in [6, 6.07) is 9.02. The number of carbonyl (C=O) groups is 1. The van der Waals surface area contributed by atoms with Gasteiger partial charge in [0.2, 0.25) is 5.89 Å². The van der Waals surface area contributed by atoms with Crippen LogP contribution in [0.2, 0.25) is 0 Å². The summed E-state index contributed by atoms with van der Waals surface area (Å²) in [6.45, 7) is 5.43. The van der Waals surface area contributed by atoms with E-state index in [9.17, 15) is 28.1 Å². The molecule has 0 aliphatic heterocycles. The summed E-state index contributed by atoms with van der Waals surface area (Å²) in [5.74, 6) is -0.0880. The van der Waals surface area contributed by atoms with Crippen LogP contribution in [0.4, 0.5) is 23.7 Å². The number of carbonyl (C=O) groups excluding carboxylic acids is 1. The van der Waals surface area contributed by atoms with Gasteiger partial charge in [-0.3, -0.25) is 10.1 Å². The predicted octanol–water partition coefficient (Wildman–Crippen LogP) is 6.36. The number of alkyl halides is 3. The van der Waals surface area contributed by atoms with Crippen LogP contribution in [-0.4, -0.2) is 21.3 Å². The average Bonchev–Trinajstić information content (AvgIpc) is 3.27. The number of ether oxygens (including phenoxy) is 2. The zero-order chi connectivity index (χ0) is 25.1. The molecular weight excluding hydrogens is 459 g/mol. The molecule has 180 valence electrons. The Morgan fingerprint density at radius 1 is 1.09 bits per heavy atom. The summed E-state index contributed by atoms with van der Waals surface area (Å²) in [4.78, 5) is 22.6. The molecule has 0 spiro atoms. The molecule has 1 unspecified atom stereocenters. The third-order valence-corrected chi connectivity index (χ3v) is 5.21. The molecular formula is C22H20F3N3O6. The third-order valence-electron chi connectivity index (χ3n) is 5.21. The van der Waals surface area contributed by atoms with Gasteiger partial charge < -0.3 is 13.9 Å². The molecule has 0 radical (unpaired) electrons. The van der Waals surface area contributed by atoms with Crippen molar-refractivity contribution in [2.45, 2.75) is 39.5 Å². The second-order valence-electron chi connectivity index (χ2n) is 7.96. The minimum absolute atomic E-state index is 0.0274. The van der Waals surface area contributed by atoms with Crippen LogP contribution < -0.4 is 4.74 Å². The van der Waals surface area contributed by atoms with Gasteiger partial charge in [-0.1, -0.05) is 20.8 Å². The standard InChI is InChI=1S/C22H20F3N3O6/c1-4-21(2,3)17(33-20(29)32-16-11-9-15(10-12-16)28(30)31)19-27-26-18(34-19)13-5-7-14(8-6-13)22(23,24)25/h5-12,17H,4H2,1-3H3. The molecule has 0 aliphatic rings. The van der Waals surface area contributed by atoms with Crippen molar-refractivity contribution in [2.75, 3.05) is 0 Å². The van der Waals surface area contributed by atoms with E-state index in [1.165, 1.54) is 36.4 Å². The molecule has 12 heteroatoms. The highest BCUT2D eigenvalue weighted by molar-refractivity contribution is 5.64. The fraction of sp³-hybridized carbons (Fsp3) is 0.318. The van der Waals surface area contributed by atoms with E-state index < -0.39 is 34.3 Å². The number of nitrogens with zero attached hydrogens (tertiary/aromatic N) is 3. The maximum atomic E-state index is 12.8. The molecule has 0 fully saturated rings. The van der Waals surface area contributed by atoms with Crippen LogP contribution in [0, 0.1) is 15.5 Å². The Hall–Kier alpha value is -3.96. The van der Waals surface area contributed by atoms with E-state index in [2.05, 4.69) is 10.2 Å². The number of non-ortho nitro benzene ring substituents is 1. The first-order valence-corrected chi connectivity index (χ1v) is 10.0. The average molecular weight is 479 g/mol. The van der Waals surface area contributed by atoms with E-state index >= 15 is 0 Å². The van der Waals surface area contributed by atoms with Gasteiger partial charge >= 0.3 is 12.3 Å². The van der Waals surface area contributed by atoms with Crippen molar-refractivity contribution in [1.82, 2.24) is 10.2 Å². The zero-order valence-corrected chi connectivity index (χ0v) is 18.3. The molecule has 34 heavy (non-hydrogen) atoms. The molecule has 0 saturated carbocycles. The van der Waals surface area contributed by atoms with E-state index in [0.29, 0.717) is 6.42 Å². The Balaban J connectivity index is 1.80. The summed E-state index contributed by atoms with van der Waals surface area (Å²) < 4.78 is 54.6. The minimum atomic E-state index is -4.48. The summed E-state index contributed by atoms with van der Waals surface area (Å²) in [7, 11) is 0. The summed E-state index contributed by atoms with van der Waals surface area (Å²) >= 11 is 0. The van der Waals surface area contributed by atoms with Crippen molar-refractivity contribution in [3.05, 3.63) is 70.1 Å². The van der Waals surface area contributed by atoms with Gasteiger partial charge in [0.25, 0.3) is 11.6 Å². The van der Waals surface area contributed by atoms with Crippen LogP contribution in [0.3, 0.4) is 0 Å². The van der Waals surface area contributed by atoms with Crippen LogP contribution in [0.5, 0.6) is 5.75 Å².